The number of benzene rings is 2. The highest BCUT2D eigenvalue weighted by Crippen LogP contribution is 2.25. The summed E-state index contributed by atoms with van der Waals surface area (Å²) in [6.45, 7) is 5.07. The van der Waals surface area contributed by atoms with Gasteiger partial charge < -0.3 is 10.2 Å². The lowest BCUT2D eigenvalue weighted by Gasteiger charge is -2.33. The molecule has 0 radical (unpaired) electrons. The molecule has 11 heteroatoms. The van der Waals surface area contributed by atoms with Crippen LogP contribution in [0.1, 0.15) is 32.8 Å². The molecular formula is C23H28Cl2IN3O4S. The molecule has 0 saturated carbocycles. The molecule has 1 atom stereocenters. The van der Waals surface area contributed by atoms with E-state index in [4.69, 9.17) is 23.2 Å². The van der Waals surface area contributed by atoms with E-state index in [-0.39, 0.29) is 18.5 Å². The predicted octanol–water partition coefficient (Wildman–Crippen LogP) is 4.70. The SMILES string of the molecule is CC[C@@H](C(=O)NC(C)C)N(Cc1ccc(Cl)c(Cl)c1)C(=O)CN(c1ccc(I)cc1)S(C)(=O)=O. The van der Waals surface area contributed by atoms with Crippen LogP contribution in [0.3, 0.4) is 0 Å². The van der Waals surface area contributed by atoms with Gasteiger partial charge in [0.25, 0.3) is 0 Å². The number of hydrogen-bond donors (Lipinski definition) is 1. The van der Waals surface area contributed by atoms with Crippen LogP contribution in [0, 0.1) is 3.57 Å². The minimum atomic E-state index is -3.77. The number of halogens is 3. The first-order valence-electron chi connectivity index (χ1n) is 10.6. The number of hydrogen-bond acceptors (Lipinski definition) is 4. The van der Waals surface area contributed by atoms with Gasteiger partial charge in [-0.25, -0.2) is 8.42 Å². The summed E-state index contributed by atoms with van der Waals surface area (Å²) in [6, 6.07) is 10.8. The first-order chi connectivity index (χ1) is 15.8. The van der Waals surface area contributed by atoms with Gasteiger partial charge in [-0.3, -0.25) is 13.9 Å². The first-order valence-corrected chi connectivity index (χ1v) is 14.3. The molecule has 34 heavy (non-hydrogen) atoms. The topological polar surface area (TPSA) is 86.8 Å². The second-order valence-electron chi connectivity index (χ2n) is 8.10. The summed E-state index contributed by atoms with van der Waals surface area (Å²) in [5, 5.41) is 3.54. The fourth-order valence-corrected chi connectivity index (χ4v) is 4.89. The summed E-state index contributed by atoms with van der Waals surface area (Å²) in [7, 11) is -3.77. The zero-order valence-corrected chi connectivity index (χ0v) is 23.9. The molecule has 2 amide bonds. The second-order valence-corrected chi connectivity index (χ2v) is 12.1. The molecule has 0 aliphatic carbocycles. The lowest BCUT2D eigenvalue weighted by atomic mass is 10.1. The van der Waals surface area contributed by atoms with Crippen molar-refractivity contribution in [3.63, 3.8) is 0 Å². The number of amides is 2. The van der Waals surface area contributed by atoms with Crippen LogP contribution >= 0.6 is 45.8 Å². The van der Waals surface area contributed by atoms with Crippen LogP contribution in [-0.2, 0) is 26.2 Å². The molecule has 2 aromatic carbocycles. The summed E-state index contributed by atoms with van der Waals surface area (Å²) >= 11 is 14.3. The largest absolute Gasteiger partial charge is 0.352 e. The zero-order valence-electron chi connectivity index (χ0n) is 19.4. The molecule has 1 N–H and O–H groups in total. The van der Waals surface area contributed by atoms with Gasteiger partial charge in [-0.2, -0.15) is 0 Å². The molecule has 0 fully saturated rings. The molecule has 0 aliphatic heterocycles. The van der Waals surface area contributed by atoms with Crippen LogP contribution in [-0.4, -0.2) is 50.0 Å². The molecule has 0 aromatic heterocycles. The Balaban J connectivity index is 2.45. The van der Waals surface area contributed by atoms with E-state index in [0.29, 0.717) is 27.7 Å². The fraction of sp³-hybridized carbons (Fsp3) is 0.391. The smallest absolute Gasteiger partial charge is 0.244 e. The van der Waals surface area contributed by atoms with E-state index < -0.39 is 28.5 Å². The van der Waals surface area contributed by atoms with Crippen molar-refractivity contribution in [2.75, 3.05) is 17.1 Å². The predicted molar refractivity (Wildman–Crippen MR) is 146 cm³/mol. The van der Waals surface area contributed by atoms with Gasteiger partial charge in [0.15, 0.2) is 0 Å². The normalized spacial score (nSPS) is 12.4. The van der Waals surface area contributed by atoms with Crippen molar-refractivity contribution in [3.8, 4) is 0 Å². The number of carbonyl (C=O) groups excluding carboxylic acids is 2. The van der Waals surface area contributed by atoms with Crippen molar-refractivity contribution >= 4 is 73.3 Å². The van der Waals surface area contributed by atoms with Crippen LogP contribution in [0.2, 0.25) is 10.0 Å². The van der Waals surface area contributed by atoms with Gasteiger partial charge >= 0.3 is 0 Å². The Bertz CT molecular complexity index is 1130. The third-order valence-electron chi connectivity index (χ3n) is 4.95. The van der Waals surface area contributed by atoms with Crippen LogP contribution in [0.15, 0.2) is 42.5 Å². The van der Waals surface area contributed by atoms with Crippen LogP contribution in [0.4, 0.5) is 5.69 Å². The number of rotatable bonds is 10. The summed E-state index contributed by atoms with van der Waals surface area (Å²) in [5.41, 5.74) is 1.03. The molecule has 186 valence electrons. The van der Waals surface area contributed by atoms with Crippen molar-refractivity contribution < 1.29 is 18.0 Å². The molecular weight excluding hydrogens is 612 g/mol. The van der Waals surface area contributed by atoms with E-state index in [1.54, 1.807) is 49.4 Å². The number of carbonyl (C=O) groups is 2. The Kier molecular flexibility index (Phi) is 10.5. The quantitative estimate of drug-likeness (QED) is 0.382. The fourth-order valence-electron chi connectivity index (χ4n) is 3.36. The summed E-state index contributed by atoms with van der Waals surface area (Å²) < 4.78 is 27.1. The molecule has 0 unspecified atom stereocenters. The van der Waals surface area contributed by atoms with Crippen LogP contribution < -0.4 is 9.62 Å². The van der Waals surface area contributed by atoms with Crippen molar-refractivity contribution in [1.82, 2.24) is 10.2 Å². The molecule has 0 saturated heterocycles. The maximum absolute atomic E-state index is 13.6. The molecule has 2 rings (SSSR count). The standard InChI is InChI=1S/C23H28Cl2IN3O4S/c1-5-21(23(31)27-15(2)3)28(13-16-6-11-19(24)20(25)12-16)22(30)14-29(34(4,32)33)18-9-7-17(26)8-10-18/h6-12,15,21H,5,13-14H2,1-4H3,(H,27,31)/t21-/m0/s1. The maximum Gasteiger partial charge on any atom is 0.244 e. The van der Waals surface area contributed by atoms with Gasteiger partial charge in [-0.05, 0) is 84.8 Å². The van der Waals surface area contributed by atoms with E-state index in [2.05, 4.69) is 27.9 Å². The molecule has 0 spiro atoms. The zero-order chi connectivity index (χ0) is 25.6. The van der Waals surface area contributed by atoms with Crippen LogP contribution in [0.25, 0.3) is 0 Å². The van der Waals surface area contributed by atoms with E-state index in [0.717, 1.165) is 14.1 Å². The van der Waals surface area contributed by atoms with E-state index in [9.17, 15) is 18.0 Å². The molecule has 7 nitrogen and oxygen atoms in total. The number of nitrogens with one attached hydrogen (secondary N) is 1. The third kappa shape index (κ3) is 8.00. The van der Waals surface area contributed by atoms with Crippen LogP contribution in [0.5, 0.6) is 0 Å². The van der Waals surface area contributed by atoms with Gasteiger partial charge in [0.05, 0.1) is 22.0 Å². The van der Waals surface area contributed by atoms with Crippen molar-refractivity contribution in [1.29, 1.82) is 0 Å². The van der Waals surface area contributed by atoms with Crippen molar-refractivity contribution in [2.24, 2.45) is 0 Å². The summed E-state index contributed by atoms with van der Waals surface area (Å²) in [4.78, 5) is 27.9. The van der Waals surface area contributed by atoms with Gasteiger partial charge in [0, 0.05) is 16.2 Å². The number of nitrogens with zero attached hydrogens (tertiary/aromatic N) is 2. The van der Waals surface area contributed by atoms with Gasteiger partial charge in [0.1, 0.15) is 12.6 Å². The maximum atomic E-state index is 13.6. The number of sulfonamides is 1. The molecule has 0 heterocycles. The van der Waals surface area contributed by atoms with Crippen molar-refractivity contribution in [3.05, 3.63) is 61.6 Å². The molecule has 2 aromatic rings. The third-order valence-corrected chi connectivity index (χ3v) is 7.55. The highest BCUT2D eigenvalue weighted by atomic mass is 127. The van der Waals surface area contributed by atoms with Gasteiger partial charge in [0.2, 0.25) is 21.8 Å². The molecule has 0 bridgehead atoms. The number of anilines is 1. The molecule has 0 aliphatic rings. The second kappa shape index (κ2) is 12.4. The lowest BCUT2D eigenvalue weighted by Crippen LogP contribution is -2.53. The lowest BCUT2D eigenvalue weighted by molar-refractivity contribution is -0.140. The Hall–Kier alpha value is -1.56. The summed E-state index contributed by atoms with van der Waals surface area (Å²) in [5.74, 6) is -0.827. The Morgan fingerprint density at radius 3 is 2.18 bits per heavy atom. The van der Waals surface area contributed by atoms with Crippen molar-refractivity contribution in [2.45, 2.75) is 45.8 Å². The average molecular weight is 640 g/mol. The van der Waals surface area contributed by atoms with E-state index >= 15 is 0 Å². The first kappa shape index (κ1) is 28.7. The Morgan fingerprint density at radius 2 is 1.68 bits per heavy atom. The minimum absolute atomic E-state index is 0.0596. The monoisotopic (exact) mass is 639 g/mol. The minimum Gasteiger partial charge on any atom is -0.352 e. The average Bonchev–Trinajstić information content (AvgIpc) is 2.73. The van der Waals surface area contributed by atoms with Gasteiger partial charge in [-0.15, -0.1) is 0 Å². The highest BCUT2D eigenvalue weighted by Gasteiger charge is 2.32. The van der Waals surface area contributed by atoms with Gasteiger partial charge in [-0.1, -0.05) is 36.2 Å². The van der Waals surface area contributed by atoms with E-state index in [1.807, 2.05) is 13.8 Å². The Morgan fingerprint density at radius 1 is 1.06 bits per heavy atom. The Labute approximate surface area is 225 Å². The highest BCUT2D eigenvalue weighted by molar-refractivity contribution is 14.1. The van der Waals surface area contributed by atoms with E-state index in [1.165, 1.54) is 4.90 Å². The summed E-state index contributed by atoms with van der Waals surface area (Å²) in [6.07, 6.45) is 1.39.